The zero-order valence-corrected chi connectivity index (χ0v) is 12.5. The van der Waals surface area contributed by atoms with Crippen LogP contribution in [-0.4, -0.2) is 30.1 Å². The standard InChI is InChI=1S/C14H18Cl2N2O2/c15-10-4-9(5-11(16)6-10)13(19)8-18-14(20)7-12-2-1-3-17-12/h4-6,12-13,17,19H,1-3,7-8H2,(H,18,20). The molecule has 1 saturated heterocycles. The average Bonchev–Trinajstić information content (AvgIpc) is 2.87. The van der Waals surface area contributed by atoms with E-state index in [2.05, 4.69) is 10.6 Å². The summed E-state index contributed by atoms with van der Waals surface area (Å²) in [5.41, 5.74) is 0.599. The predicted molar refractivity (Wildman–Crippen MR) is 80.1 cm³/mol. The third-order valence-electron chi connectivity index (χ3n) is 3.36. The van der Waals surface area contributed by atoms with Crippen molar-refractivity contribution in [3.05, 3.63) is 33.8 Å². The van der Waals surface area contributed by atoms with Gasteiger partial charge in [-0.2, -0.15) is 0 Å². The summed E-state index contributed by atoms with van der Waals surface area (Å²) >= 11 is 11.8. The molecule has 4 nitrogen and oxygen atoms in total. The lowest BCUT2D eigenvalue weighted by atomic mass is 10.1. The smallest absolute Gasteiger partial charge is 0.221 e. The number of benzene rings is 1. The molecular weight excluding hydrogens is 299 g/mol. The number of halogens is 2. The molecule has 1 heterocycles. The molecule has 2 atom stereocenters. The first-order valence-corrected chi connectivity index (χ1v) is 7.44. The third-order valence-corrected chi connectivity index (χ3v) is 3.79. The molecule has 2 unspecified atom stereocenters. The zero-order valence-electron chi connectivity index (χ0n) is 11.0. The van der Waals surface area contributed by atoms with E-state index in [1.54, 1.807) is 18.2 Å². The van der Waals surface area contributed by atoms with Crippen LogP contribution in [-0.2, 0) is 4.79 Å². The van der Waals surface area contributed by atoms with Crippen LogP contribution < -0.4 is 10.6 Å². The first kappa shape index (κ1) is 15.6. The molecule has 1 aromatic rings. The molecule has 0 saturated carbocycles. The van der Waals surface area contributed by atoms with Crippen LogP contribution in [0.5, 0.6) is 0 Å². The van der Waals surface area contributed by atoms with Gasteiger partial charge in [-0.05, 0) is 43.1 Å². The van der Waals surface area contributed by atoms with Crippen molar-refractivity contribution < 1.29 is 9.90 Å². The Morgan fingerprint density at radius 2 is 2.10 bits per heavy atom. The molecule has 110 valence electrons. The van der Waals surface area contributed by atoms with Gasteiger partial charge in [-0.3, -0.25) is 4.79 Å². The minimum atomic E-state index is -0.813. The summed E-state index contributed by atoms with van der Waals surface area (Å²) in [6.07, 6.45) is 1.77. The van der Waals surface area contributed by atoms with Gasteiger partial charge >= 0.3 is 0 Å². The molecule has 3 N–H and O–H groups in total. The van der Waals surface area contributed by atoms with Crippen molar-refractivity contribution in [2.75, 3.05) is 13.1 Å². The van der Waals surface area contributed by atoms with Gasteiger partial charge in [0.25, 0.3) is 0 Å². The van der Waals surface area contributed by atoms with E-state index in [0.717, 1.165) is 19.4 Å². The number of hydrogen-bond acceptors (Lipinski definition) is 3. The summed E-state index contributed by atoms with van der Waals surface area (Å²) in [6, 6.07) is 5.14. The molecular formula is C14H18Cl2N2O2. The Morgan fingerprint density at radius 3 is 2.70 bits per heavy atom. The van der Waals surface area contributed by atoms with E-state index in [-0.39, 0.29) is 18.5 Å². The SMILES string of the molecule is O=C(CC1CCCN1)NCC(O)c1cc(Cl)cc(Cl)c1. The van der Waals surface area contributed by atoms with Gasteiger partial charge in [0, 0.05) is 29.1 Å². The summed E-state index contributed by atoms with van der Waals surface area (Å²) < 4.78 is 0. The Labute approximate surface area is 128 Å². The number of carbonyl (C=O) groups excluding carboxylic acids is 1. The molecule has 1 aromatic carbocycles. The number of hydrogen-bond donors (Lipinski definition) is 3. The van der Waals surface area contributed by atoms with Crippen LogP contribution in [0.25, 0.3) is 0 Å². The lowest BCUT2D eigenvalue weighted by Crippen LogP contribution is -2.34. The Hall–Kier alpha value is -0.810. The monoisotopic (exact) mass is 316 g/mol. The van der Waals surface area contributed by atoms with Gasteiger partial charge in [-0.1, -0.05) is 23.2 Å². The maximum Gasteiger partial charge on any atom is 0.221 e. The molecule has 1 aliphatic heterocycles. The highest BCUT2D eigenvalue weighted by molar-refractivity contribution is 6.34. The van der Waals surface area contributed by atoms with Crippen molar-refractivity contribution in [3.63, 3.8) is 0 Å². The summed E-state index contributed by atoms with van der Waals surface area (Å²) in [7, 11) is 0. The van der Waals surface area contributed by atoms with E-state index in [9.17, 15) is 9.90 Å². The molecule has 0 bridgehead atoms. The lowest BCUT2D eigenvalue weighted by molar-refractivity contribution is -0.122. The van der Waals surface area contributed by atoms with E-state index in [4.69, 9.17) is 23.2 Å². The highest BCUT2D eigenvalue weighted by Crippen LogP contribution is 2.23. The van der Waals surface area contributed by atoms with Crippen molar-refractivity contribution in [1.82, 2.24) is 10.6 Å². The van der Waals surface area contributed by atoms with Crippen LogP contribution in [0.2, 0.25) is 10.0 Å². The predicted octanol–water partition coefficient (Wildman–Crippen LogP) is 2.29. The Bertz CT molecular complexity index is 456. The van der Waals surface area contributed by atoms with Crippen LogP contribution in [0, 0.1) is 0 Å². The second-order valence-corrected chi connectivity index (χ2v) is 5.89. The van der Waals surface area contributed by atoms with E-state index in [1.807, 2.05) is 0 Å². The van der Waals surface area contributed by atoms with Crippen molar-refractivity contribution in [1.29, 1.82) is 0 Å². The highest BCUT2D eigenvalue weighted by Gasteiger charge is 2.18. The van der Waals surface area contributed by atoms with Gasteiger partial charge in [-0.25, -0.2) is 0 Å². The van der Waals surface area contributed by atoms with Crippen LogP contribution in [0.4, 0.5) is 0 Å². The molecule has 0 radical (unpaired) electrons. The molecule has 1 aliphatic rings. The molecule has 0 aromatic heterocycles. The number of nitrogens with one attached hydrogen (secondary N) is 2. The Morgan fingerprint density at radius 1 is 1.40 bits per heavy atom. The minimum absolute atomic E-state index is 0.0587. The minimum Gasteiger partial charge on any atom is -0.387 e. The number of carbonyl (C=O) groups is 1. The molecule has 0 spiro atoms. The fourth-order valence-corrected chi connectivity index (χ4v) is 2.87. The molecule has 1 fully saturated rings. The van der Waals surface area contributed by atoms with Crippen molar-refractivity contribution in [2.24, 2.45) is 0 Å². The van der Waals surface area contributed by atoms with Crippen LogP contribution in [0.15, 0.2) is 18.2 Å². The van der Waals surface area contributed by atoms with Gasteiger partial charge in [0.05, 0.1) is 6.10 Å². The Balaban J connectivity index is 1.81. The quantitative estimate of drug-likeness (QED) is 0.781. The first-order valence-electron chi connectivity index (χ1n) is 6.69. The second kappa shape index (κ2) is 7.27. The van der Waals surface area contributed by atoms with Crippen LogP contribution in [0.1, 0.15) is 30.9 Å². The van der Waals surface area contributed by atoms with Crippen molar-refractivity contribution in [3.8, 4) is 0 Å². The number of amides is 1. The maximum atomic E-state index is 11.8. The summed E-state index contributed by atoms with van der Waals surface area (Å²) in [5.74, 6) is -0.0587. The molecule has 1 amide bonds. The molecule has 20 heavy (non-hydrogen) atoms. The summed E-state index contributed by atoms with van der Waals surface area (Å²) in [6.45, 7) is 1.13. The van der Waals surface area contributed by atoms with E-state index >= 15 is 0 Å². The van der Waals surface area contributed by atoms with Gasteiger partial charge in [-0.15, -0.1) is 0 Å². The molecule has 2 rings (SSSR count). The normalized spacial score (nSPS) is 19.9. The zero-order chi connectivity index (χ0) is 14.5. The lowest BCUT2D eigenvalue weighted by Gasteiger charge is -2.14. The van der Waals surface area contributed by atoms with Crippen molar-refractivity contribution >= 4 is 29.1 Å². The topological polar surface area (TPSA) is 61.4 Å². The van der Waals surface area contributed by atoms with E-state index < -0.39 is 6.10 Å². The van der Waals surface area contributed by atoms with Gasteiger partial charge in [0.2, 0.25) is 5.91 Å². The second-order valence-electron chi connectivity index (χ2n) is 5.02. The van der Waals surface area contributed by atoms with E-state index in [1.165, 1.54) is 0 Å². The van der Waals surface area contributed by atoms with Gasteiger partial charge in [0.15, 0.2) is 0 Å². The van der Waals surface area contributed by atoms with Gasteiger partial charge in [0.1, 0.15) is 0 Å². The highest BCUT2D eigenvalue weighted by atomic mass is 35.5. The third kappa shape index (κ3) is 4.63. The number of rotatable bonds is 5. The van der Waals surface area contributed by atoms with Gasteiger partial charge < -0.3 is 15.7 Å². The summed E-state index contributed by atoms with van der Waals surface area (Å²) in [4.78, 5) is 11.8. The largest absolute Gasteiger partial charge is 0.387 e. The molecule has 0 aliphatic carbocycles. The number of aliphatic hydroxyl groups excluding tert-OH is 1. The van der Waals surface area contributed by atoms with Crippen molar-refractivity contribution in [2.45, 2.75) is 31.4 Å². The summed E-state index contributed by atoms with van der Waals surface area (Å²) in [5, 5.41) is 17.0. The Kier molecular flexibility index (Phi) is 5.66. The van der Waals surface area contributed by atoms with Crippen LogP contribution >= 0.6 is 23.2 Å². The molecule has 6 heteroatoms. The van der Waals surface area contributed by atoms with E-state index in [0.29, 0.717) is 22.0 Å². The number of aliphatic hydroxyl groups is 1. The fourth-order valence-electron chi connectivity index (χ4n) is 2.32. The maximum absolute atomic E-state index is 11.8. The van der Waals surface area contributed by atoms with Crippen LogP contribution in [0.3, 0.4) is 0 Å². The average molecular weight is 317 g/mol. The first-order chi connectivity index (χ1) is 9.54. The fraction of sp³-hybridized carbons (Fsp3) is 0.500.